The molecule has 1 heteroatoms. The Morgan fingerprint density at radius 2 is 1.68 bits per heavy atom. The van der Waals surface area contributed by atoms with Gasteiger partial charge in [-0.25, -0.2) is 0 Å². The van der Waals surface area contributed by atoms with Crippen molar-refractivity contribution in [2.45, 2.75) is 58.3 Å². The predicted molar refractivity (Wildman–Crippen MR) is 93.1 cm³/mol. The molecule has 116 valence electrons. The molecule has 1 aromatic heterocycles. The van der Waals surface area contributed by atoms with Crippen LogP contribution in [0.5, 0.6) is 0 Å². The SMILES string of the molecule is CC1(Cc2ccc(C(C)(C)c3ccccc3)nc2)CCCC1. The summed E-state index contributed by atoms with van der Waals surface area (Å²) in [6.07, 6.45) is 8.79. The molecule has 1 heterocycles. The van der Waals surface area contributed by atoms with E-state index in [9.17, 15) is 0 Å². The van der Waals surface area contributed by atoms with E-state index in [1.54, 1.807) is 0 Å². The van der Waals surface area contributed by atoms with Gasteiger partial charge in [0.2, 0.25) is 0 Å². The summed E-state index contributed by atoms with van der Waals surface area (Å²) in [4.78, 5) is 4.80. The highest BCUT2D eigenvalue weighted by molar-refractivity contribution is 5.34. The van der Waals surface area contributed by atoms with Crippen molar-refractivity contribution in [3.8, 4) is 0 Å². The lowest BCUT2D eigenvalue weighted by molar-refractivity contribution is 0.334. The van der Waals surface area contributed by atoms with Crippen molar-refractivity contribution in [3.63, 3.8) is 0 Å². The number of rotatable bonds is 4. The zero-order valence-electron chi connectivity index (χ0n) is 14.1. The van der Waals surface area contributed by atoms with Gasteiger partial charge < -0.3 is 0 Å². The van der Waals surface area contributed by atoms with Crippen LogP contribution in [0.25, 0.3) is 0 Å². The summed E-state index contributed by atoms with van der Waals surface area (Å²) in [5.74, 6) is 0. The Bertz CT molecular complexity index is 604. The highest BCUT2D eigenvalue weighted by Gasteiger charge is 2.29. The first-order chi connectivity index (χ1) is 10.5. The van der Waals surface area contributed by atoms with Crippen LogP contribution in [0.1, 0.15) is 63.3 Å². The molecular weight excluding hydrogens is 266 g/mol. The molecule has 0 aliphatic heterocycles. The Kier molecular flexibility index (Phi) is 4.08. The number of pyridine rings is 1. The van der Waals surface area contributed by atoms with Gasteiger partial charge in [0.25, 0.3) is 0 Å². The second-order valence-corrected chi connectivity index (χ2v) is 7.74. The van der Waals surface area contributed by atoms with Crippen LogP contribution in [0.4, 0.5) is 0 Å². The first-order valence-electron chi connectivity index (χ1n) is 8.51. The molecule has 0 bridgehead atoms. The van der Waals surface area contributed by atoms with E-state index in [0.29, 0.717) is 5.41 Å². The van der Waals surface area contributed by atoms with Gasteiger partial charge in [0.15, 0.2) is 0 Å². The average Bonchev–Trinajstić information content (AvgIpc) is 2.95. The molecule has 1 aromatic carbocycles. The van der Waals surface area contributed by atoms with E-state index in [1.807, 2.05) is 0 Å². The Morgan fingerprint density at radius 3 is 2.27 bits per heavy atom. The van der Waals surface area contributed by atoms with Gasteiger partial charge >= 0.3 is 0 Å². The van der Waals surface area contributed by atoms with Gasteiger partial charge in [-0.15, -0.1) is 0 Å². The standard InChI is InChI=1S/C21H27N/c1-20(2,18-9-5-4-6-10-18)19-12-11-17(16-22-19)15-21(3)13-7-8-14-21/h4-6,9-12,16H,7-8,13-15H2,1-3H3. The van der Waals surface area contributed by atoms with Crippen molar-refractivity contribution in [3.05, 3.63) is 65.5 Å². The van der Waals surface area contributed by atoms with Crippen LogP contribution < -0.4 is 0 Å². The summed E-state index contributed by atoms with van der Waals surface area (Å²) in [7, 11) is 0. The van der Waals surface area contributed by atoms with Crippen LogP contribution in [-0.2, 0) is 11.8 Å². The lowest BCUT2D eigenvalue weighted by Gasteiger charge is -2.26. The third-order valence-electron chi connectivity index (χ3n) is 5.40. The molecular formula is C21H27N. The molecule has 0 spiro atoms. The maximum Gasteiger partial charge on any atom is 0.0503 e. The predicted octanol–water partition coefficient (Wildman–Crippen LogP) is 5.53. The maximum absolute atomic E-state index is 4.80. The van der Waals surface area contributed by atoms with Crippen molar-refractivity contribution in [1.29, 1.82) is 0 Å². The van der Waals surface area contributed by atoms with E-state index in [-0.39, 0.29) is 5.41 Å². The smallest absolute Gasteiger partial charge is 0.0503 e. The Balaban J connectivity index is 1.79. The van der Waals surface area contributed by atoms with E-state index < -0.39 is 0 Å². The van der Waals surface area contributed by atoms with Crippen LogP contribution >= 0.6 is 0 Å². The monoisotopic (exact) mass is 293 g/mol. The fraction of sp³-hybridized carbons (Fsp3) is 0.476. The van der Waals surface area contributed by atoms with Gasteiger partial charge in [-0.05, 0) is 41.9 Å². The van der Waals surface area contributed by atoms with Crippen molar-refractivity contribution in [1.82, 2.24) is 4.98 Å². The van der Waals surface area contributed by atoms with Crippen molar-refractivity contribution < 1.29 is 0 Å². The molecule has 1 saturated carbocycles. The van der Waals surface area contributed by atoms with Gasteiger partial charge in [0.05, 0.1) is 5.69 Å². The van der Waals surface area contributed by atoms with Gasteiger partial charge in [-0.3, -0.25) is 4.98 Å². The molecule has 22 heavy (non-hydrogen) atoms. The summed E-state index contributed by atoms with van der Waals surface area (Å²) in [5, 5.41) is 0. The normalized spacial score (nSPS) is 17.6. The third-order valence-corrected chi connectivity index (χ3v) is 5.40. The summed E-state index contributed by atoms with van der Waals surface area (Å²) in [6.45, 7) is 6.94. The minimum Gasteiger partial charge on any atom is -0.260 e. The zero-order valence-corrected chi connectivity index (χ0v) is 14.1. The van der Waals surface area contributed by atoms with Gasteiger partial charge in [-0.2, -0.15) is 0 Å². The number of hydrogen-bond acceptors (Lipinski definition) is 1. The lowest BCUT2D eigenvalue weighted by Crippen LogP contribution is -2.21. The second-order valence-electron chi connectivity index (χ2n) is 7.74. The van der Waals surface area contributed by atoms with E-state index in [4.69, 9.17) is 4.98 Å². The highest BCUT2D eigenvalue weighted by atomic mass is 14.7. The first kappa shape index (κ1) is 15.3. The molecule has 3 rings (SSSR count). The summed E-state index contributed by atoms with van der Waals surface area (Å²) >= 11 is 0. The van der Waals surface area contributed by atoms with Crippen LogP contribution in [0.3, 0.4) is 0 Å². The van der Waals surface area contributed by atoms with E-state index in [0.717, 1.165) is 5.69 Å². The van der Waals surface area contributed by atoms with Gasteiger partial charge in [0, 0.05) is 11.6 Å². The molecule has 1 aliphatic carbocycles. The molecule has 0 saturated heterocycles. The molecule has 0 atom stereocenters. The van der Waals surface area contributed by atoms with Crippen LogP contribution in [0, 0.1) is 5.41 Å². The van der Waals surface area contributed by atoms with E-state index in [1.165, 1.54) is 43.2 Å². The number of benzene rings is 1. The van der Waals surface area contributed by atoms with Gasteiger partial charge in [-0.1, -0.05) is 70.0 Å². The lowest BCUT2D eigenvalue weighted by atomic mass is 9.80. The zero-order chi connectivity index (χ0) is 15.6. The number of hydrogen-bond donors (Lipinski definition) is 0. The molecule has 0 radical (unpaired) electrons. The number of aromatic nitrogens is 1. The van der Waals surface area contributed by atoms with Crippen molar-refractivity contribution in [2.24, 2.45) is 5.41 Å². The summed E-state index contributed by atoms with van der Waals surface area (Å²) in [6, 6.07) is 15.2. The summed E-state index contributed by atoms with van der Waals surface area (Å²) < 4.78 is 0. The average molecular weight is 293 g/mol. The largest absolute Gasteiger partial charge is 0.260 e. The van der Waals surface area contributed by atoms with Crippen LogP contribution in [0.15, 0.2) is 48.7 Å². The fourth-order valence-corrected chi connectivity index (χ4v) is 3.80. The molecule has 1 nitrogen and oxygen atoms in total. The minimum atomic E-state index is -0.0446. The maximum atomic E-state index is 4.80. The highest BCUT2D eigenvalue weighted by Crippen LogP contribution is 2.40. The first-order valence-corrected chi connectivity index (χ1v) is 8.51. The Labute approximate surface area is 134 Å². The van der Waals surface area contributed by atoms with Crippen molar-refractivity contribution >= 4 is 0 Å². The number of nitrogens with zero attached hydrogens (tertiary/aromatic N) is 1. The summed E-state index contributed by atoms with van der Waals surface area (Å²) in [5.41, 5.74) is 4.31. The minimum absolute atomic E-state index is 0.0446. The molecule has 0 amide bonds. The fourth-order valence-electron chi connectivity index (χ4n) is 3.80. The Morgan fingerprint density at radius 1 is 1.00 bits per heavy atom. The second kappa shape index (κ2) is 5.87. The molecule has 1 aliphatic rings. The molecule has 2 aromatic rings. The third kappa shape index (κ3) is 3.09. The Hall–Kier alpha value is -1.63. The van der Waals surface area contributed by atoms with E-state index in [2.05, 4.69) is 69.4 Å². The van der Waals surface area contributed by atoms with Crippen LogP contribution in [0.2, 0.25) is 0 Å². The molecule has 1 fully saturated rings. The van der Waals surface area contributed by atoms with Crippen LogP contribution in [-0.4, -0.2) is 4.98 Å². The van der Waals surface area contributed by atoms with E-state index >= 15 is 0 Å². The topological polar surface area (TPSA) is 12.9 Å². The molecule has 0 unspecified atom stereocenters. The molecule has 0 N–H and O–H groups in total. The quantitative estimate of drug-likeness (QED) is 0.722. The van der Waals surface area contributed by atoms with Gasteiger partial charge in [0.1, 0.15) is 0 Å². The van der Waals surface area contributed by atoms with Crippen molar-refractivity contribution in [2.75, 3.05) is 0 Å².